The van der Waals surface area contributed by atoms with Gasteiger partial charge in [0.2, 0.25) is 0 Å². The first-order valence-corrected chi connectivity index (χ1v) is 9.64. The molecule has 7 heteroatoms. The Hall–Kier alpha value is -2.93. The van der Waals surface area contributed by atoms with Gasteiger partial charge in [-0.1, -0.05) is 5.16 Å². The van der Waals surface area contributed by atoms with Crippen LogP contribution in [0.25, 0.3) is 5.82 Å². The second-order valence-electron chi connectivity index (χ2n) is 7.22. The number of carbonyl (C=O) groups is 1. The Labute approximate surface area is 164 Å². The lowest BCUT2D eigenvalue weighted by Gasteiger charge is -2.22. The number of carbonyl (C=O) groups excluding carboxylic acids is 1. The van der Waals surface area contributed by atoms with Gasteiger partial charge < -0.3 is 14.0 Å². The van der Waals surface area contributed by atoms with Gasteiger partial charge in [0.05, 0.1) is 11.3 Å². The van der Waals surface area contributed by atoms with E-state index >= 15 is 0 Å². The van der Waals surface area contributed by atoms with Gasteiger partial charge in [0.25, 0.3) is 5.91 Å². The molecular formula is C21H25N5O2. The van der Waals surface area contributed by atoms with Gasteiger partial charge in [-0.05, 0) is 44.5 Å². The minimum Gasteiger partial charge on any atom is -0.361 e. The van der Waals surface area contributed by atoms with E-state index in [1.54, 1.807) is 6.20 Å². The van der Waals surface area contributed by atoms with Crippen molar-refractivity contribution in [1.82, 2.24) is 24.5 Å². The summed E-state index contributed by atoms with van der Waals surface area (Å²) in [5.41, 5.74) is 2.74. The molecule has 1 saturated heterocycles. The Morgan fingerprint density at radius 3 is 2.61 bits per heavy atom. The van der Waals surface area contributed by atoms with E-state index in [1.807, 2.05) is 60.0 Å². The first-order valence-electron chi connectivity index (χ1n) is 9.64. The number of hydrogen-bond donors (Lipinski definition) is 0. The minimum atomic E-state index is 0.0470. The van der Waals surface area contributed by atoms with Crippen LogP contribution in [-0.4, -0.2) is 56.6 Å². The number of aromatic nitrogens is 3. The average Bonchev–Trinajstić information content (AvgIpc) is 3.28. The Bertz CT molecular complexity index is 911. The molecule has 0 unspecified atom stereocenters. The van der Waals surface area contributed by atoms with Crippen LogP contribution in [0.2, 0.25) is 0 Å². The molecule has 0 N–H and O–H groups in total. The quantitative estimate of drug-likeness (QED) is 0.697. The average molecular weight is 379 g/mol. The lowest BCUT2D eigenvalue weighted by molar-refractivity contribution is 0.0760. The Balaban J connectivity index is 1.39. The Morgan fingerprint density at radius 1 is 1.11 bits per heavy atom. The molecule has 4 rings (SSSR count). The van der Waals surface area contributed by atoms with E-state index in [1.165, 1.54) is 0 Å². The molecule has 146 valence electrons. The standard InChI is InChI=1S/C21H25N5O2/c1-16-19(17(2)28-23-16)15-24-8-5-11-26(13-12-24)21(27)18-6-7-20(22-14-18)25-9-3-4-10-25/h3-4,6-7,9-10,14H,5,8,11-13,15H2,1-2H3. The van der Waals surface area contributed by atoms with E-state index in [4.69, 9.17) is 4.52 Å². The van der Waals surface area contributed by atoms with Crippen LogP contribution in [0.3, 0.4) is 0 Å². The van der Waals surface area contributed by atoms with E-state index in [2.05, 4.69) is 15.0 Å². The lowest BCUT2D eigenvalue weighted by Crippen LogP contribution is -2.35. The first kappa shape index (κ1) is 18.4. The van der Waals surface area contributed by atoms with Crippen LogP contribution in [0.4, 0.5) is 0 Å². The molecule has 0 aromatic carbocycles. The van der Waals surface area contributed by atoms with Crippen molar-refractivity contribution in [2.45, 2.75) is 26.8 Å². The van der Waals surface area contributed by atoms with Crippen LogP contribution in [0.1, 0.15) is 33.8 Å². The van der Waals surface area contributed by atoms with Crippen molar-refractivity contribution in [1.29, 1.82) is 0 Å². The highest BCUT2D eigenvalue weighted by molar-refractivity contribution is 5.94. The highest BCUT2D eigenvalue weighted by Crippen LogP contribution is 2.17. The number of aryl methyl sites for hydroxylation is 2. The van der Waals surface area contributed by atoms with Crippen molar-refractivity contribution < 1.29 is 9.32 Å². The molecule has 0 bridgehead atoms. The second kappa shape index (κ2) is 7.98. The summed E-state index contributed by atoms with van der Waals surface area (Å²) in [6.45, 7) is 8.01. The monoisotopic (exact) mass is 379 g/mol. The molecule has 7 nitrogen and oxygen atoms in total. The minimum absolute atomic E-state index is 0.0470. The third-order valence-corrected chi connectivity index (χ3v) is 5.30. The number of hydrogen-bond acceptors (Lipinski definition) is 5. The first-order chi connectivity index (χ1) is 13.6. The topological polar surface area (TPSA) is 67.4 Å². The van der Waals surface area contributed by atoms with E-state index in [9.17, 15) is 4.79 Å². The Morgan fingerprint density at radius 2 is 1.93 bits per heavy atom. The zero-order chi connectivity index (χ0) is 19.5. The molecule has 28 heavy (non-hydrogen) atoms. The van der Waals surface area contributed by atoms with Crippen LogP contribution in [-0.2, 0) is 6.54 Å². The summed E-state index contributed by atoms with van der Waals surface area (Å²) in [6.07, 6.45) is 6.49. The molecule has 1 amide bonds. The fraction of sp³-hybridized carbons (Fsp3) is 0.381. The summed E-state index contributed by atoms with van der Waals surface area (Å²) in [7, 11) is 0. The molecule has 0 spiro atoms. The van der Waals surface area contributed by atoms with Crippen molar-refractivity contribution in [2.75, 3.05) is 26.2 Å². The maximum absolute atomic E-state index is 12.9. The number of amides is 1. The summed E-state index contributed by atoms with van der Waals surface area (Å²) in [5.74, 6) is 1.73. The lowest BCUT2D eigenvalue weighted by atomic mass is 10.2. The molecule has 0 aliphatic carbocycles. The summed E-state index contributed by atoms with van der Waals surface area (Å²) in [4.78, 5) is 21.6. The van der Waals surface area contributed by atoms with Crippen LogP contribution in [0, 0.1) is 13.8 Å². The number of pyridine rings is 1. The molecule has 0 atom stereocenters. The van der Waals surface area contributed by atoms with Crippen molar-refractivity contribution >= 4 is 5.91 Å². The van der Waals surface area contributed by atoms with Gasteiger partial charge in [-0.2, -0.15) is 0 Å². The highest BCUT2D eigenvalue weighted by atomic mass is 16.5. The molecular weight excluding hydrogens is 354 g/mol. The molecule has 1 aliphatic heterocycles. The van der Waals surface area contributed by atoms with Crippen LogP contribution >= 0.6 is 0 Å². The predicted octanol–water partition coefficient (Wildman–Crippen LogP) is 2.83. The van der Waals surface area contributed by atoms with Crippen molar-refractivity contribution in [2.24, 2.45) is 0 Å². The maximum atomic E-state index is 12.9. The van der Waals surface area contributed by atoms with Crippen LogP contribution < -0.4 is 0 Å². The molecule has 3 aromatic heterocycles. The van der Waals surface area contributed by atoms with Gasteiger partial charge >= 0.3 is 0 Å². The normalized spacial score (nSPS) is 15.6. The summed E-state index contributed by atoms with van der Waals surface area (Å²) in [5, 5.41) is 4.04. The van der Waals surface area contributed by atoms with Gasteiger partial charge in [-0.3, -0.25) is 9.69 Å². The van der Waals surface area contributed by atoms with Gasteiger partial charge in [0.15, 0.2) is 0 Å². The highest BCUT2D eigenvalue weighted by Gasteiger charge is 2.22. The molecule has 1 fully saturated rings. The van der Waals surface area contributed by atoms with Gasteiger partial charge in [0.1, 0.15) is 11.6 Å². The predicted molar refractivity (Wildman–Crippen MR) is 105 cm³/mol. The van der Waals surface area contributed by atoms with Crippen molar-refractivity contribution in [3.05, 3.63) is 65.4 Å². The SMILES string of the molecule is Cc1noc(C)c1CN1CCCN(C(=O)c2ccc(-n3cccc3)nc2)CC1. The van der Waals surface area contributed by atoms with E-state index in [0.717, 1.165) is 55.4 Å². The number of rotatable bonds is 4. The van der Waals surface area contributed by atoms with E-state index in [0.29, 0.717) is 12.1 Å². The second-order valence-corrected chi connectivity index (χ2v) is 7.22. The zero-order valence-corrected chi connectivity index (χ0v) is 16.3. The van der Waals surface area contributed by atoms with Gasteiger partial charge in [-0.15, -0.1) is 0 Å². The zero-order valence-electron chi connectivity index (χ0n) is 16.3. The van der Waals surface area contributed by atoms with Crippen molar-refractivity contribution in [3.63, 3.8) is 0 Å². The third kappa shape index (κ3) is 3.84. The van der Waals surface area contributed by atoms with E-state index in [-0.39, 0.29) is 5.91 Å². The smallest absolute Gasteiger partial charge is 0.255 e. The molecule has 1 aliphatic rings. The van der Waals surface area contributed by atoms with Crippen LogP contribution in [0.15, 0.2) is 47.4 Å². The Kier molecular flexibility index (Phi) is 5.25. The fourth-order valence-electron chi connectivity index (χ4n) is 3.62. The number of nitrogens with zero attached hydrogens (tertiary/aromatic N) is 5. The molecule has 0 radical (unpaired) electrons. The summed E-state index contributed by atoms with van der Waals surface area (Å²) in [6, 6.07) is 7.64. The largest absolute Gasteiger partial charge is 0.361 e. The third-order valence-electron chi connectivity index (χ3n) is 5.30. The molecule has 3 aromatic rings. The van der Waals surface area contributed by atoms with Gasteiger partial charge in [-0.25, -0.2) is 4.98 Å². The summed E-state index contributed by atoms with van der Waals surface area (Å²) >= 11 is 0. The van der Waals surface area contributed by atoms with Gasteiger partial charge in [0, 0.05) is 56.9 Å². The fourth-order valence-corrected chi connectivity index (χ4v) is 3.62. The maximum Gasteiger partial charge on any atom is 0.255 e. The summed E-state index contributed by atoms with van der Waals surface area (Å²) < 4.78 is 7.20. The van der Waals surface area contributed by atoms with E-state index < -0.39 is 0 Å². The molecule has 0 saturated carbocycles. The van der Waals surface area contributed by atoms with Crippen LogP contribution in [0.5, 0.6) is 0 Å². The van der Waals surface area contributed by atoms with Crippen molar-refractivity contribution in [3.8, 4) is 5.82 Å². The molecule has 4 heterocycles.